The molecule has 15 heavy (non-hydrogen) atoms. The van der Waals surface area contributed by atoms with Crippen molar-refractivity contribution in [3.8, 4) is 0 Å². The summed E-state index contributed by atoms with van der Waals surface area (Å²) in [4.78, 5) is 2.42. The summed E-state index contributed by atoms with van der Waals surface area (Å²) < 4.78 is 1.94. The lowest BCUT2D eigenvalue weighted by atomic mass is 10.2. The zero-order valence-corrected chi connectivity index (χ0v) is 9.82. The minimum Gasteiger partial charge on any atom is -0.315 e. The Morgan fingerprint density at radius 1 is 1.67 bits per heavy atom. The van der Waals surface area contributed by atoms with Crippen molar-refractivity contribution in [1.82, 2.24) is 20.0 Å². The number of aryl methyl sites for hydroxylation is 1. The van der Waals surface area contributed by atoms with Crippen LogP contribution in [0, 0.1) is 6.92 Å². The fourth-order valence-electron chi connectivity index (χ4n) is 2.11. The standard InChI is InChI=1S/C11H20N4/c1-9-10(6-13-15(9)3)8-14(2)11-4-5-12-7-11/h6,11-12H,4-5,7-8H2,1-3H3. The van der Waals surface area contributed by atoms with Crippen molar-refractivity contribution in [2.24, 2.45) is 7.05 Å². The van der Waals surface area contributed by atoms with Crippen molar-refractivity contribution in [3.05, 3.63) is 17.5 Å². The van der Waals surface area contributed by atoms with Gasteiger partial charge in [0, 0.05) is 37.4 Å². The molecule has 2 rings (SSSR count). The molecule has 0 aliphatic carbocycles. The molecule has 1 aliphatic rings. The fourth-order valence-corrected chi connectivity index (χ4v) is 2.11. The van der Waals surface area contributed by atoms with Gasteiger partial charge >= 0.3 is 0 Å². The van der Waals surface area contributed by atoms with E-state index in [0.29, 0.717) is 6.04 Å². The second-order valence-electron chi connectivity index (χ2n) is 4.44. The number of nitrogens with one attached hydrogen (secondary N) is 1. The molecular formula is C11H20N4. The van der Waals surface area contributed by atoms with Crippen LogP contribution in [-0.4, -0.2) is 40.9 Å². The number of hydrogen-bond donors (Lipinski definition) is 1. The Bertz CT molecular complexity index is 325. The second kappa shape index (κ2) is 4.33. The summed E-state index contributed by atoms with van der Waals surface area (Å²) in [5.41, 5.74) is 2.61. The second-order valence-corrected chi connectivity index (χ2v) is 4.44. The predicted octanol–water partition coefficient (Wildman–Crippen LogP) is 0.522. The molecule has 84 valence electrons. The molecule has 1 atom stereocenters. The monoisotopic (exact) mass is 208 g/mol. The third-order valence-electron chi connectivity index (χ3n) is 3.41. The van der Waals surface area contributed by atoms with Crippen molar-refractivity contribution in [2.75, 3.05) is 20.1 Å². The molecule has 1 saturated heterocycles. The van der Waals surface area contributed by atoms with Crippen LogP contribution in [0.5, 0.6) is 0 Å². The zero-order valence-electron chi connectivity index (χ0n) is 9.82. The van der Waals surface area contributed by atoms with Crippen LogP contribution in [-0.2, 0) is 13.6 Å². The van der Waals surface area contributed by atoms with E-state index < -0.39 is 0 Å². The quantitative estimate of drug-likeness (QED) is 0.786. The van der Waals surface area contributed by atoms with E-state index in [4.69, 9.17) is 0 Å². The molecule has 2 heterocycles. The summed E-state index contributed by atoms with van der Waals surface area (Å²) in [5, 5.41) is 7.67. The van der Waals surface area contributed by atoms with E-state index >= 15 is 0 Å². The third kappa shape index (κ3) is 2.21. The Hall–Kier alpha value is -0.870. The minimum absolute atomic E-state index is 0.685. The maximum absolute atomic E-state index is 4.27. The molecule has 1 unspecified atom stereocenters. The van der Waals surface area contributed by atoms with E-state index in [2.05, 4.69) is 29.3 Å². The van der Waals surface area contributed by atoms with Gasteiger partial charge < -0.3 is 5.32 Å². The highest BCUT2D eigenvalue weighted by Crippen LogP contribution is 2.13. The molecule has 0 amide bonds. The summed E-state index contributed by atoms with van der Waals surface area (Å²) in [6, 6.07) is 0.685. The first-order valence-corrected chi connectivity index (χ1v) is 5.57. The van der Waals surface area contributed by atoms with Gasteiger partial charge in [-0.1, -0.05) is 0 Å². The molecule has 0 spiro atoms. The van der Waals surface area contributed by atoms with Crippen LogP contribution in [0.2, 0.25) is 0 Å². The third-order valence-corrected chi connectivity index (χ3v) is 3.41. The van der Waals surface area contributed by atoms with Crippen molar-refractivity contribution >= 4 is 0 Å². The van der Waals surface area contributed by atoms with Crippen LogP contribution in [0.15, 0.2) is 6.20 Å². The fraction of sp³-hybridized carbons (Fsp3) is 0.727. The molecular weight excluding hydrogens is 188 g/mol. The lowest BCUT2D eigenvalue weighted by Gasteiger charge is -2.23. The van der Waals surface area contributed by atoms with Crippen LogP contribution in [0.3, 0.4) is 0 Å². The smallest absolute Gasteiger partial charge is 0.0537 e. The van der Waals surface area contributed by atoms with E-state index in [9.17, 15) is 0 Å². The topological polar surface area (TPSA) is 33.1 Å². The Kier molecular flexibility index (Phi) is 3.07. The van der Waals surface area contributed by atoms with Gasteiger partial charge in [0.05, 0.1) is 6.20 Å². The van der Waals surface area contributed by atoms with E-state index in [1.807, 2.05) is 17.9 Å². The average molecular weight is 208 g/mol. The number of likely N-dealkylation sites (N-methyl/N-ethyl adjacent to an activating group) is 1. The molecule has 4 heteroatoms. The average Bonchev–Trinajstić information content (AvgIpc) is 2.83. The summed E-state index contributed by atoms with van der Waals surface area (Å²) in [7, 11) is 4.19. The number of nitrogens with zero attached hydrogens (tertiary/aromatic N) is 3. The Morgan fingerprint density at radius 3 is 3.00 bits per heavy atom. The number of rotatable bonds is 3. The first kappa shape index (κ1) is 10.6. The van der Waals surface area contributed by atoms with E-state index in [1.165, 1.54) is 17.7 Å². The summed E-state index contributed by atoms with van der Waals surface area (Å²) in [6.45, 7) is 5.41. The summed E-state index contributed by atoms with van der Waals surface area (Å²) in [5.74, 6) is 0. The molecule has 1 aliphatic heterocycles. The molecule has 0 aromatic carbocycles. The van der Waals surface area contributed by atoms with E-state index in [0.717, 1.165) is 19.6 Å². The van der Waals surface area contributed by atoms with E-state index in [-0.39, 0.29) is 0 Å². The molecule has 0 saturated carbocycles. The van der Waals surface area contributed by atoms with Crippen molar-refractivity contribution in [2.45, 2.75) is 25.9 Å². The van der Waals surface area contributed by atoms with Gasteiger partial charge in [-0.3, -0.25) is 9.58 Å². The lowest BCUT2D eigenvalue weighted by Crippen LogP contribution is -2.32. The van der Waals surface area contributed by atoms with Gasteiger partial charge in [0.25, 0.3) is 0 Å². The van der Waals surface area contributed by atoms with Crippen LogP contribution < -0.4 is 5.32 Å². The van der Waals surface area contributed by atoms with Crippen LogP contribution in [0.25, 0.3) is 0 Å². The van der Waals surface area contributed by atoms with Gasteiger partial charge in [-0.15, -0.1) is 0 Å². The molecule has 1 N–H and O–H groups in total. The first-order chi connectivity index (χ1) is 7.18. The Balaban J connectivity index is 1.98. The predicted molar refractivity (Wildman–Crippen MR) is 60.7 cm³/mol. The maximum Gasteiger partial charge on any atom is 0.0537 e. The first-order valence-electron chi connectivity index (χ1n) is 5.57. The molecule has 4 nitrogen and oxygen atoms in total. The van der Waals surface area contributed by atoms with Crippen LogP contribution in [0.1, 0.15) is 17.7 Å². The summed E-state index contributed by atoms with van der Waals surface area (Å²) >= 11 is 0. The molecule has 0 radical (unpaired) electrons. The molecule has 1 fully saturated rings. The number of hydrogen-bond acceptors (Lipinski definition) is 3. The van der Waals surface area contributed by atoms with Gasteiger partial charge in [-0.05, 0) is 26.9 Å². The van der Waals surface area contributed by atoms with Crippen LogP contribution >= 0.6 is 0 Å². The van der Waals surface area contributed by atoms with Gasteiger partial charge in [0.15, 0.2) is 0 Å². The SMILES string of the molecule is Cc1c(CN(C)C2CCNC2)cnn1C. The highest BCUT2D eigenvalue weighted by atomic mass is 15.3. The Labute approximate surface area is 91.3 Å². The molecule has 0 bridgehead atoms. The molecule has 1 aromatic heterocycles. The van der Waals surface area contributed by atoms with Gasteiger partial charge in [-0.25, -0.2) is 0 Å². The highest BCUT2D eigenvalue weighted by Gasteiger charge is 2.19. The minimum atomic E-state index is 0.685. The highest BCUT2D eigenvalue weighted by molar-refractivity contribution is 5.15. The van der Waals surface area contributed by atoms with Gasteiger partial charge in [-0.2, -0.15) is 5.10 Å². The van der Waals surface area contributed by atoms with Gasteiger partial charge in [0.2, 0.25) is 0 Å². The number of aromatic nitrogens is 2. The van der Waals surface area contributed by atoms with Crippen molar-refractivity contribution in [1.29, 1.82) is 0 Å². The maximum atomic E-state index is 4.27. The normalized spacial score (nSPS) is 21.5. The van der Waals surface area contributed by atoms with E-state index in [1.54, 1.807) is 0 Å². The lowest BCUT2D eigenvalue weighted by molar-refractivity contribution is 0.248. The summed E-state index contributed by atoms with van der Waals surface area (Å²) in [6.07, 6.45) is 3.24. The van der Waals surface area contributed by atoms with Crippen molar-refractivity contribution < 1.29 is 0 Å². The van der Waals surface area contributed by atoms with Gasteiger partial charge in [0.1, 0.15) is 0 Å². The Morgan fingerprint density at radius 2 is 2.47 bits per heavy atom. The molecule has 1 aromatic rings. The van der Waals surface area contributed by atoms with Crippen molar-refractivity contribution in [3.63, 3.8) is 0 Å². The zero-order chi connectivity index (χ0) is 10.8. The van der Waals surface area contributed by atoms with Crippen LogP contribution in [0.4, 0.5) is 0 Å². The largest absolute Gasteiger partial charge is 0.315 e.